The van der Waals surface area contributed by atoms with E-state index in [1.54, 1.807) is 24.3 Å². The summed E-state index contributed by atoms with van der Waals surface area (Å²) < 4.78 is 27.6. The van der Waals surface area contributed by atoms with Crippen LogP contribution in [0.4, 0.5) is 0 Å². The number of amides is 2. The van der Waals surface area contributed by atoms with Gasteiger partial charge in [-0.2, -0.15) is 4.72 Å². The van der Waals surface area contributed by atoms with Crippen molar-refractivity contribution in [1.82, 2.24) is 20.6 Å². The molecule has 0 spiro atoms. The number of nitrogens with one attached hydrogen (secondary N) is 3. The Hall–Kier alpha value is -2.78. The van der Waals surface area contributed by atoms with Gasteiger partial charge >= 0.3 is 0 Å². The maximum Gasteiger partial charge on any atom is 0.288 e. The average Bonchev–Trinajstić information content (AvgIpc) is 2.65. The number of sulfonamides is 1. The summed E-state index contributed by atoms with van der Waals surface area (Å²) in [4.78, 5) is 28.5. The van der Waals surface area contributed by atoms with Gasteiger partial charge in [-0.15, -0.1) is 0 Å². The van der Waals surface area contributed by atoms with E-state index in [1.165, 1.54) is 24.4 Å². The van der Waals surface area contributed by atoms with Gasteiger partial charge in [-0.3, -0.25) is 25.4 Å². The molecule has 0 saturated heterocycles. The quantitative estimate of drug-likeness (QED) is 0.605. The van der Waals surface area contributed by atoms with E-state index in [0.29, 0.717) is 0 Å². The van der Waals surface area contributed by atoms with Gasteiger partial charge in [0.25, 0.3) is 11.8 Å². The highest BCUT2D eigenvalue weighted by Gasteiger charge is 2.27. The molecule has 2 amide bonds. The van der Waals surface area contributed by atoms with E-state index >= 15 is 0 Å². The van der Waals surface area contributed by atoms with Crippen molar-refractivity contribution in [2.75, 3.05) is 0 Å². The molecular weight excluding hydrogens is 380 g/mol. The zero-order valence-corrected chi connectivity index (χ0v) is 16.8. The summed E-state index contributed by atoms with van der Waals surface area (Å²) in [6, 6.07) is 10.1. The van der Waals surface area contributed by atoms with Crippen LogP contribution >= 0.6 is 0 Å². The molecule has 8 nitrogen and oxygen atoms in total. The fraction of sp³-hybridized carbons (Fsp3) is 0.316. The summed E-state index contributed by atoms with van der Waals surface area (Å²) in [5.41, 5.74) is 5.57. The van der Waals surface area contributed by atoms with Crippen molar-refractivity contribution in [2.24, 2.45) is 5.92 Å². The van der Waals surface area contributed by atoms with E-state index in [9.17, 15) is 18.0 Å². The number of nitrogens with zero attached hydrogens (tertiary/aromatic N) is 1. The van der Waals surface area contributed by atoms with E-state index < -0.39 is 27.9 Å². The molecule has 0 radical (unpaired) electrons. The van der Waals surface area contributed by atoms with E-state index in [1.807, 2.05) is 20.8 Å². The molecule has 3 N–H and O–H groups in total. The van der Waals surface area contributed by atoms with Crippen molar-refractivity contribution in [2.45, 2.75) is 38.1 Å². The number of hydrazine groups is 1. The normalized spacial score (nSPS) is 12.4. The van der Waals surface area contributed by atoms with Crippen LogP contribution in [0.3, 0.4) is 0 Å². The highest BCUT2D eigenvalue weighted by molar-refractivity contribution is 7.89. The van der Waals surface area contributed by atoms with Crippen molar-refractivity contribution in [3.05, 3.63) is 59.9 Å². The summed E-state index contributed by atoms with van der Waals surface area (Å²) in [6.07, 6.45) is 1.71. The number of aromatic nitrogens is 1. The van der Waals surface area contributed by atoms with Crippen LogP contribution in [-0.4, -0.2) is 31.3 Å². The van der Waals surface area contributed by atoms with Crippen molar-refractivity contribution in [3.63, 3.8) is 0 Å². The third-order valence-corrected chi connectivity index (χ3v) is 5.34. The number of benzene rings is 1. The molecule has 0 aliphatic rings. The molecule has 0 bridgehead atoms. The summed E-state index contributed by atoms with van der Waals surface area (Å²) >= 11 is 0. The minimum atomic E-state index is -3.89. The number of carbonyl (C=O) groups excluding carboxylic acids is 2. The van der Waals surface area contributed by atoms with Crippen molar-refractivity contribution in [1.29, 1.82) is 0 Å². The number of carbonyl (C=O) groups is 2. The number of hydrogen-bond donors (Lipinski definition) is 3. The van der Waals surface area contributed by atoms with E-state index in [0.717, 1.165) is 5.56 Å². The summed E-state index contributed by atoms with van der Waals surface area (Å²) in [5.74, 6) is -1.21. The number of rotatable bonds is 7. The molecule has 28 heavy (non-hydrogen) atoms. The van der Waals surface area contributed by atoms with Gasteiger partial charge in [-0.05, 0) is 43.5 Å². The van der Waals surface area contributed by atoms with Gasteiger partial charge in [0.15, 0.2) is 0 Å². The third kappa shape index (κ3) is 6.14. The molecule has 0 fully saturated rings. The SMILES string of the molecule is Cc1ccc(S(=O)(=O)N[C@H](CC(C)C)C(=O)NNC(=O)c2ccccn2)cc1. The minimum Gasteiger partial charge on any atom is -0.271 e. The zero-order chi connectivity index (χ0) is 20.7. The van der Waals surface area contributed by atoms with Crippen LogP contribution in [0.25, 0.3) is 0 Å². The van der Waals surface area contributed by atoms with Crippen molar-refractivity contribution >= 4 is 21.8 Å². The molecule has 1 aromatic heterocycles. The van der Waals surface area contributed by atoms with Crippen LogP contribution in [0.5, 0.6) is 0 Å². The standard InChI is InChI=1S/C19H24N4O4S/c1-13(2)12-17(23-28(26,27)15-9-7-14(3)8-10-15)19(25)22-21-18(24)16-6-4-5-11-20-16/h4-11,13,17,23H,12H2,1-3H3,(H,21,24)(H,22,25)/t17-/m1/s1. The fourth-order valence-electron chi connectivity index (χ4n) is 2.42. The second-order valence-electron chi connectivity index (χ2n) is 6.77. The Bertz CT molecular complexity index is 913. The Kier molecular flexibility index (Phi) is 7.24. The van der Waals surface area contributed by atoms with Gasteiger partial charge in [-0.25, -0.2) is 8.42 Å². The largest absolute Gasteiger partial charge is 0.288 e. The van der Waals surface area contributed by atoms with Crippen molar-refractivity contribution in [3.8, 4) is 0 Å². The number of pyridine rings is 1. The van der Waals surface area contributed by atoms with Gasteiger partial charge in [0.2, 0.25) is 10.0 Å². The lowest BCUT2D eigenvalue weighted by molar-refractivity contribution is -0.123. The monoisotopic (exact) mass is 404 g/mol. The predicted molar refractivity (Wildman–Crippen MR) is 105 cm³/mol. The highest BCUT2D eigenvalue weighted by Crippen LogP contribution is 2.13. The molecule has 1 aromatic carbocycles. The second-order valence-corrected chi connectivity index (χ2v) is 8.49. The lowest BCUT2D eigenvalue weighted by Gasteiger charge is -2.20. The Balaban J connectivity index is 2.08. The first-order valence-electron chi connectivity index (χ1n) is 8.79. The van der Waals surface area contributed by atoms with Gasteiger partial charge in [0.1, 0.15) is 11.7 Å². The molecule has 0 aliphatic carbocycles. The molecule has 2 aromatic rings. The van der Waals surface area contributed by atoms with Crippen molar-refractivity contribution < 1.29 is 18.0 Å². The summed E-state index contributed by atoms with van der Waals surface area (Å²) in [6.45, 7) is 5.59. The first kappa shape index (κ1) is 21.5. The Morgan fingerprint density at radius 1 is 1.04 bits per heavy atom. The van der Waals surface area contributed by atoms with Gasteiger partial charge in [-0.1, -0.05) is 37.6 Å². The van der Waals surface area contributed by atoms with Crippen LogP contribution < -0.4 is 15.6 Å². The van der Waals surface area contributed by atoms with Gasteiger partial charge in [0, 0.05) is 6.20 Å². The first-order valence-corrected chi connectivity index (χ1v) is 10.3. The van der Waals surface area contributed by atoms with Crippen LogP contribution in [0.15, 0.2) is 53.6 Å². The predicted octanol–water partition coefficient (Wildman–Crippen LogP) is 1.54. The molecule has 1 atom stereocenters. The van der Waals surface area contributed by atoms with Crippen LogP contribution in [0.2, 0.25) is 0 Å². The maximum absolute atomic E-state index is 12.6. The van der Waals surface area contributed by atoms with E-state index in [4.69, 9.17) is 0 Å². The number of aryl methyl sites for hydroxylation is 1. The topological polar surface area (TPSA) is 117 Å². The Morgan fingerprint density at radius 3 is 2.29 bits per heavy atom. The molecule has 9 heteroatoms. The second kappa shape index (κ2) is 9.43. The lowest BCUT2D eigenvalue weighted by atomic mass is 10.0. The molecule has 0 unspecified atom stereocenters. The minimum absolute atomic E-state index is 0.0444. The molecular formula is C19H24N4O4S. The number of hydrogen-bond acceptors (Lipinski definition) is 5. The molecule has 1 heterocycles. The van der Waals surface area contributed by atoms with Gasteiger partial charge in [0.05, 0.1) is 4.90 Å². The zero-order valence-electron chi connectivity index (χ0n) is 16.0. The maximum atomic E-state index is 12.6. The van der Waals surface area contributed by atoms with Crippen LogP contribution in [0, 0.1) is 12.8 Å². The smallest absolute Gasteiger partial charge is 0.271 e. The molecule has 150 valence electrons. The Labute approximate surface area is 164 Å². The third-order valence-electron chi connectivity index (χ3n) is 3.85. The highest BCUT2D eigenvalue weighted by atomic mass is 32.2. The molecule has 2 rings (SSSR count). The van der Waals surface area contributed by atoms with Crippen LogP contribution in [0.1, 0.15) is 36.3 Å². The lowest BCUT2D eigenvalue weighted by Crippen LogP contribution is -2.52. The Morgan fingerprint density at radius 2 is 1.71 bits per heavy atom. The first-order chi connectivity index (χ1) is 13.2. The summed E-state index contributed by atoms with van der Waals surface area (Å²) in [5, 5.41) is 0. The molecule has 0 aliphatic heterocycles. The molecule has 0 saturated carbocycles. The van der Waals surface area contributed by atoms with Crippen LogP contribution in [-0.2, 0) is 14.8 Å². The van der Waals surface area contributed by atoms with Gasteiger partial charge < -0.3 is 0 Å². The van der Waals surface area contributed by atoms with E-state index in [-0.39, 0.29) is 22.9 Å². The van der Waals surface area contributed by atoms with E-state index in [2.05, 4.69) is 20.6 Å². The fourth-order valence-corrected chi connectivity index (χ4v) is 3.63. The summed E-state index contributed by atoms with van der Waals surface area (Å²) in [7, 11) is -3.89. The average molecular weight is 404 g/mol.